The van der Waals surface area contributed by atoms with Crippen molar-refractivity contribution in [2.24, 2.45) is 0 Å². The van der Waals surface area contributed by atoms with E-state index in [2.05, 4.69) is 19.1 Å². The molecule has 1 nitrogen and oxygen atoms in total. The fourth-order valence-electron chi connectivity index (χ4n) is 1.71. The van der Waals surface area contributed by atoms with Crippen molar-refractivity contribution in [3.05, 3.63) is 12.2 Å². The number of aliphatic hydroxyl groups is 1. The predicted molar refractivity (Wildman–Crippen MR) is 68.1 cm³/mol. The van der Waals surface area contributed by atoms with Crippen molar-refractivity contribution in [3.8, 4) is 0 Å². The minimum atomic E-state index is 0.286. The molecule has 0 aliphatic heterocycles. The van der Waals surface area contributed by atoms with Crippen LogP contribution in [0, 0.1) is 0 Å². The van der Waals surface area contributed by atoms with E-state index < -0.39 is 0 Å². The van der Waals surface area contributed by atoms with E-state index in [4.69, 9.17) is 5.11 Å². The highest BCUT2D eigenvalue weighted by Gasteiger charge is 1.90. The Kier molecular flexibility index (Phi) is 13.4. The largest absolute Gasteiger partial charge is 0.396 e. The highest BCUT2D eigenvalue weighted by Crippen LogP contribution is 2.09. The van der Waals surface area contributed by atoms with Gasteiger partial charge in [0.2, 0.25) is 0 Å². The van der Waals surface area contributed by atoms with E-state index in [0.717, 1.165) is 6.42 Å². The lowest BCUT2D eigenvalue weighted by atomic mass is 10.1. The molecule has 0 bridgehead atoms. The van der Waals surface area contributed by atoms with Gasteiger partial charge in [0.05, 0.1) is 0 Å². The average molecular weight is 212 g/mol. The highest BCUT2D eigenvalue weighted by molar-refractivity contribution is 4.80. The molecule has 0 unspecified atom stereocenters. The van der Waals surface area contributed by atoms with Crippen molar-refractivity contribution in [2.75, 3.05) is 6.61 Å². The van der Waals surface area contributed by atoms with Gasteiger partial charge in [-0.15, -0.1) is 0 Å². The average Bonchev–Trinajstić information content (AvgIpc) is 2.26. The van der Waals surface area contributed by atoms with E-state index >= 15 is 0 Å². The summed E-state index contributed by atoms with van der Waals surface area (Å²) >= 11 is 0. The first-order chi connectivity index (χ1) is 7.41. The molecule has 0 aromatic rings. The molecule has 0 saturated heterocycles. The van der Waals surface area contributed by atoms with Crippen LogP contribution in [0.5, 0.6) is 0 Å². The first-order valence-corrected chi connectivity index (χ1v) is 6.67. The molecule has 0 amide bonds. The second-order valence-electron chi connectivity index (χ2n) is 4.25. The van der Waals surface area contributed by atoms with Gasteiger partial charge in [0.15, 0.2) is 0 Å². The van der Waals surface area contributed by atoms with Crippen molar-refractivity contribution in [1.82, 2.24) is 0 Å². The normalized spacial score (nSPS) is 11.3. The fraction of sp³-hybridized carbons (Fsp3) is 0.857. The van der Waals surface area contributed by atoms with Crippen LogP contribution in [0.3, 0.4) is 0 Å². The number of hydrogen-bond donors (Lipinski definition) is 1. The van der Waals surface area contributed by atoms with Gasteiger partial charge in [-0.1, -0.05) is 64.0 Å². The Balaban J connectivity index is 2.92. The molecule has 0 heterocycles. The summed E-state index contributed by atoms with van der Waals surface area (Å²) in [6.45, 7) is 2.55. The number of rotatable bonds is 11. The smallest absolute Gasteiger partial charge is 0.0465 e. The molecule has 0 aliphatic carbocycles. The summed E-state index contributed by atoms with van der Waals surface area (Å²) in [7, 11) is 0. The summed E-state index contributed by atoms with van der Waals surface area (Å²) < 4.78 is 0. The van der Waals surface area contributed by atoms with Crippen LogP contribution in [-0.4, -0.2) is 11.7 Å². The number of allylic oxidation sites excluding steroid dienone is 1. The molecule has 0 aliphatic rings. The topological polar surface area (TPSA) is 20.2 Å². The molecule has 0 atom stereocenters. The van der Waals surface area contributed by atoms with Crippen LogP contribution in [0.2, 0.25) is 0 Å². The Labute approximate surface area is 95.6 Å². The molecule has 0 radical (unpaired) electrons. The van der Waals surface area contributed by atoms with E-state index in [1.54, 1.807) is 0 Å². The van der Waals surface area contributed by atoms with Crippen molar-refractivity contribution in [3.63, 3.8) is 0 Å². The molecule has 15 heavy (non-hydrogen) atoms. The van der Waals surface area contributed by atoms with Gasteiger partial charge in [0, 0.05) is 6.61 Å². The van der Waals surface area contributed by atoms with Crippen molar-refractivity contribution >= 4 is 0 Å². The van der Waals surface area contributed by atoms with Gasteiger partial charge in [-0.25, -0.2) is 0 Å². The van der Waals surface area contributed by atoms with Gasteiger partial charge < -0.3 is 5.11 Å². The molecule has 1 N–H and O–H groups in total. The van der Waals surface area contributed by atoms with Crippen LogP contribution >= 0.6 is 0 Å². The van der Waals surface area contributed by atoms with Gasteiger partial charge in [0.1, 0.15) is 0 Å². The maximum Gasteiger partial charge on any atom is 0.0465 e. The zero-order valence-electron chi connectivity index (χ0n) is 10.4. The molecule has 0 aromatic carbocycles. The first kappa shape index (κ1) is 14.7. The summed E-state index contributed by atoms with van der Waals surface area (Å²) in [4.78, 5) is 0. The predicted octanol–water partition coefficient (Wildman–Crippen LogP) is 4.46. The Bertz CT molecular complexity index is 129. The number of aliphatic hydroxyl groups excluding tert-OH is 1. The van der Waals surface area contributed by atoms with Gasteiger partial charge >= 0.3 is 0 Å². The highest BCUT2D eigenvalue weighted by atomic mass is 16.2. The zero-order valence-corrected chi connectivity index (χ0v) is 10.4. The lowest BCUT2D eigenvalue weighted by molar-refractivity contribution is 0.302. The number of hydrogen-bond acceptors (Lipinski definition) is 1. The third-order valence-electron chi connectivity index (χ3n) is 2.69. The summed E-state index contributed by atoms with van der Waals surface area (Å²) in [6.07, 6.45) is 17.4. The van der Waals surface area contributed by atoms with Gasteiger partial charge in [0.25, 0.3) is 0 Å². The second kappa shape index (κ2) is 13.7. The lowest BCUT2D eigenvalue weighted by Crippen LogP contribution is -1.80. The Hall–Kier alpha value is -0.300. The van der Waals surface area contributed by atoms with E-state index in [1.807, 2.05) is 0 Å². The van der Waals surface area contributed by atoms with Crippen LogP contribution in [0.15, 0.2) is 12.2 Å². The summed E-state index contributed by atoms with van der Waals surface area (Å²) in [6, 6.07) is 0. The zero-order chi connectivity index (χ0) is 11.2. The van der Waals surface area contributed by atoms with E-state index in [9.17, 15) is 0 Å². The molecular weight excluding hydrogens is 184 g/mol. The Morgan fingerprint density at radius 3 is 1.87 bits per heavy atom. The third kappa shape index (κ3) is 13.7. The number of unbranched alkanes of at least 4 members (excludes halogenated alkanes) is 8. The van der Waals surface area contributed by atoms with Crippen LogP contribution in [0.25, 0.3) is 0 Å². The monoisotopic (exact) mass is 212 g/mol. The Morgan fingerprint density at radius 1 is 0.733 bits per heavy atom. The van der Waals surface area contributed by atoms with Crippen LogP contribution in [0.4, 0.5) is 0 Å². The SMILES string of the molecule is CCCCCCCCCC/C=C\CCO. The minimum absolute atomic E-state index is 0.286. The maximum absolute atomic E-state index is 8.56. The molecule has 1 heteroatoms. The fourth-order valence-corrected chi connectivity index (χ4v) is 1.71. The van der Waals surface area contributed by atoms with E-state index in [0.29, 0.717) is 0 Å². The standard InChI is InChI=1S/C14H28O/c1-2-3-4-5-6-7-8-9-10-11-12-13-14-15/h11-12,15H,2-10,13-14H2,1H3/b12-11-. The summed E-state index contributed by atoms with van der Waals surface area (Å²) in [5.74, 6) is 0. The maximum atomic E-state index is 8.56. The van der Waals surface area contributed by atoms with Gasteiger partial charge in [-0.3, -0.25) is 0 Å². The third-order valence-corrected chi connectivity index (χ3v) is 2.69. The van der Waals surface area contributed by atoms with Gasteiger partial charge in [-0.2, -0.15) is 0 Å². The summed E-state index contributed by atoms with van der Waals surface area (Å²) in [5.41, 5.74) is 0. The molecule has 0 aromatic heterocycles. The van der Waals surface area contributed by atoms with Crippen LogP contribution < -0.4 is 0 Å². The van der Waals surface area contributed by atoms with Crippen molar-refractivity contribution in [1.29, 1.82) is 0 Å². The first-order valence-electron chi connectivity index (χ1n) is 6.67. The molecule has 0 spiro atoms. The second-order valence-corrected chi connectivity index (χ2v) is 4.25. The van der Waals surface area contributed by atoms with Crippen molar-refractivity contribution < 1.29 is 5.11 Å². The van der Waals surface area contributed by atoms with Gasteiger partial charge in [-0.05, 0) is 19.3 Å². The minimum Gasteiger partial charge on any atom is -0.396 e. The summed E-state index contributed by atoms with van der Waals surface area (Å²) in [5, 5.41) is 8.56. The van der Waals surface area contributed by atoms with Crippen LogP contribution in [0.1, 0.15) is 71.1 Å². The molecular formula is C14H28O. The molecule has 90 valence electrons. The molecule has 0 fully saturated rings. The van der Waals surface area contributed by atoms with Crippen molar-refractivity contribution in [2.45, 2.75) is 71.1 Å². The van der Waals surface area contributed by atoms with E-state index in [1.165, 1.54) is 57.8 Å². The van der Waals surface area contributed by atoms with Crippen LogP contribution in [-0.2, 0) is 0 Å². The van der Waals surface area contributed by atoms with E-state index in [-0.39, 0.29) is 6.61 Å². The Morgan fingerprint density at radius 2 is 1.27 bits per heavy atom. The molecule has 0 saturated carbocycles. The lowest BCUT2D eigenvalue weighted by Gasteiger charge is -1.99. The molecule has 0 rings (SSSR count). The quantitative estimate of drug-likeness (QED) is 0.396.